The summed E-state index contributed by atoms with van der Waals surface area (Å²) < 4.78 is 19.0. The molecule has 0 aliphatic carbocycles. The van der Waals surface area contributed by atoms with Crippen LogP contribution in [0.2, 0.25) is 0 Å². The molecule has 0 saturated carbocycles. The highest BCUT2D eigenvalue weighted by Gasteiger charge is 2.27. The molecule has 130 valence electrons. The number of aromatic nitrogens is 4. The van der Waals surface area contributed by atoms with Crippen LogP contribution in [0.4, 0.5) is 6.01 Å². The number of aryl methyl sites for hydroxylation is 2. The van der Waals surface area contributed by atoms with E-state index in [2.05, 4.69) is 27.5 Å². The molecule has 3 heterocycles. The van der Waals surface area contributed by atoms with Crippen LogP contribution in [0.3, 0.4) is 0 Å². The van der Waals surface area contributed by atoms with Crippen LogP contribution in [-0.2, 0) is 20.0 Å². The highest BCUT2D eigenvalue weighted by atomic mass is 16.6. The van der Waals surface area contributed by atoms with Crippen molar-refractivity contribution >= 4 is 6.01 Å². The van der Waals surface area contributed by atoms with Gasteiger partial charge in [-0.05, 0) is 18.6 Å². The Labute approximate surface area is 144 Å². The van der Waals surface area contributed by atoms with Gasteiger partial charge in [-0.25, -0.2) is 0 Å². The molecule has 0 radical (unpaired) electrons. The lowest BCUT2D eigenvalue weighted by atomic mass is 10.2. The second-order valence-corrected chi connectivity index (χ2v) is 5.79. The molecule has 1 aromatic carbocycles. The van der Waals surface area contributed by atoms with E-state index in [1.807, 2.05) is 37.5 Å². The van der Waals surface area contributed by atoms with Crippen LogP contribution >= 0.6 is 0 Å². The van der Waals surface area contributed by atoms with E-state index in [4.69, 9.17) is 13.9 Å². The van der Waals surface area contributed by atoms with Crippen molar-refractivity contribution in [1.29, 1.82) is 0 Å². The molecule has 25 heavy (non-hydrogen) atoms. The summed E-state index contributed by atoms with van der Waals surface area (Å²) in [6, 6.07) is 7.87. The highest BCUT2D eigenvalue weighted by Crippen LogP contribution is 2.35. The molecule has 0 amide bonds. The predicted octanol–water partition coefficient (Wildman–Crippen LogP) is 2.49. The lowest BCUT2D eigenvalue weighted by molar-refractivity contribution is 0.0717. The van der Waals surface area contributed by atoms with E-state index in [9.17, 15) is 0 Å². The Kier molecular flexibility index (Phi) is 4.01. The normalized spacial score (nSPS) is 16.0. The van der Waals surface area contributed by atoms with Crippen molar-refractivity contribution in [3.63, 3.8) is 0 Å². The third-order valence-corrected chi connectivity index (χ3v) is 3.98. The summed E-state index contributed by atoms with van der Waals surface area (Å²) in [5, 5.41) is 15.7. The zero-order valence-electron chi connectivity index (χ0n) is 14.1. The predicted molar refractivity (Wildman–Crippen MR) is 89.5 cm³/mol. The minimum absolute atomic E-state index is 0.335. The number of ether oxygens (including phenoxy) is 2. The minimum atomic E-state index is -0.414. The largest absolute Gasteiger partial charge is 0.485 e. The summed E-state index contributed by atoms with van der Waals surface area (Å²) >= 11 is 0. The first-order valence-electron chi connectivity index (χ1n) is 8.20. The first-order valence-corrected chi connectivity index (χ1v) is 8.20. The number of rotatable bonds is 5. The van der Waals surface area contributed by atoms with Crippen molar-refractivity contribution in [2.75, 3.05) is 11.9 Å². The second-order valence-electron chi connectivity index (χ2n) is 5.79. The lowest BCUT2D eigenvalue weighted by Gasteiger charge is -2.23. The Morgan fingerprint density at radius 3 is 2.92 bits per heavy atom. The molecule has 8 nitrogen and oxygen atoms in total. The summed E-state index contributed by atoms with van der Waals surface area (Å²) in [5.74, 6) is 1.79. The third-order valence-electron chi connectivity index (χ3n) is 3.98. The molecule has 1 aliphatic heterocycles. The Morgan fingerprint density at radius 1 is 1.24 bits per heavy atom. The SMILES string of the molecule is CCc1nn(C)cc1CNc1nnc([C@@H]2COc3ccccc3O2)o1. The van der Waals surface area contributed by atoms with Gasteiger partial charge in [-0.3, -0.25) is 4.68 Å². The minimum Gasteiger partial charge on any atom is -0.485 e. The van der Waals surface area contributed by atoms with Crippen LogP contribution in [0.15, 0.2) is 34.9 Å². The monoisotopic (exact) mass is 341 g/mol. The molecule has 1 aliphatic rings. The fraction of sp³-hybridized carbons (Fsp3) is 0.353. The van der Waals surface area contributed by atoms with Gasteiger partial charge in [0.15, 0.2) is 11.5 Å². The van der Waals surface area contributed by atoms with E-state index in [1.54, 1.807) is 4.68 Å². The van der Waals surface area contributed by atoms with E-state index in [0.717, 1.165) is 23.4 Å². The van der Waals surface area contributed by atoms with Gasteiger partial charge in [0.25, 0.3) is 5.89 Å². The molecular weight excluding hydrogens is 322 g/mol. The first-order chi connectivity index (χ1) is 12.2. The average Bonchev–Trinajstić information content (AvgIpc) is 3.25. The standard InChI is InChI=1S/C17H19N5O3/c1-3-12-11(9-22(2)21-12)8-18-17-20-19-16(25-17)15-10-23-13-6-4-5-7-14(13)24-15/h4-7,9,15H,3,8,10H2,1-2H3,(H,18,20)/t15-/m0/s1. The number of nitrogens with zero attached hydrogens (tertiary/aromatic N) is 4. The van der Waals surface area contributed by atoms with Gasteiger partial charge >= 0.3 is 6.01 Å². The van der Waals surface area contributed by atoms with E-state index < -0.39 is 6.10 Å². The fourth-order valence-electron chi connectivity index (χ4n) is 2.78. The number of anilines is 1. The Morgan fingerprint density at radius 2 is 2.08 bits per heavy atom. The third kappa shape index (κ3) is 3.15. The summed E-state index contributed by atoms with van der Waals surface area (Å²) in [4.78, 5) is 0. The van der Waals surface area contributed by atoms with Crippen LogP contribution in [0.5, 0.6) is 11.5 Å². The van der Waals surface area contributed by atoms with Gasteiger partial charge in [0, 0.05) is 25.4 Å². The van der Waals surface area contributed by atoms with E-state index in [0.29, 0.717) is 30.8 Å². The zero-order valence-corrected chi connectivity index (χ0v) is 14.1. The quantitative estimate of drug-likeness (QED) is 0.763. The van der Waals surface area contributed by atoms with Crippen molar-refractivity contribution in [2.24, 2.45) is 7.05 Å². The van der Waals surface area contributed by atoms with Crippen LogP contribution in [-0.4, -0.2) is 26.6 Å². The molecule has 0 unspecified atom stereocenters. The maximum atomic E-state index is 5.87. The van der Waals surface area contributed by atoms with Crippen LogP contribution in [0.1, 0.15) is 30.2 Å². The number of hydrogen-bond acceptors (Lipinski definition) is 7. The van der Waals surface area contributed by atoms with Crippen molar-refractivity contribution in [3.05, 3.63) is 47.6 Å². The number of nitrogens with one attached hydrogen (secondary N) is 1. The molecule has 0 saturated heterocycles. The lowest BCUT2D eigenvalue weighted by Crippen LogP contribution is -2.21. The fourth-order valence-corrected chi connectivity index (χ4v) is 2.78. The van der Waals surface area contributed by atoms with Gasteiger partial charge in [-0.15, -0.1) is 5.10 Å². The number of para-hydroxylation sites is 2. The van der Waals surface area contributed by atoms with Crippen molar-refractivity contribution in [2.45, 2.75) is 26.0 Å². The van der Waals surface area contributed by atoms with Gasteiger partial charge in [-0.2, -0.15) is 5.10 Å². The first kappa shape index (κ1) is 15.5. The Balaban J connectivity index is 1.42. The maximum absolute atomic E-state index is 5.87. The van der Waals surface area contributed by atoms with Gasteiger partial charge in [0.2, 0.25) is 6.10 Å². The number of hydrogen-bond donors (Lipinski definition) is 1. The summed E-state index contributed by atoms with van der Waals surface area (Å²) in [5.41, 5.74) is 2.16. The van der Waals surface area contributed by atoms with Gasteiger partial charge in [0.05, 0.1) is 5.69 Å². The molecule has 0 spiro atoms. The van der Waals surface area contributed by atoms with E-state index in [1.165, 1.54) is 0 Å². The van der Waals surface area contributed by atoms with Gasteiger partial charge < -0.3 is 19.2 Å². The molecule has 0 bridgehead atoms. The van der Waals surface area contributed by atoms with E-state index in [-0.39, 0.29) is 0 Å². The number of fused-ring (bicyclic) bond motifs is 1. The highest BCUT2D eigenvalue weighted by molar-refractivity contribution is 5.41. The van der Waals surface area contributed by atoms with Crippen molar-refractivity contribution in [1.82, 2.24) is 20.0 Å². The maximum Gasteiger partial charge on any atom is 0.315 e. The topological polar surface area (TPSA) is 87.2 Å². The molecular formula is C17H19N5O3. The summed E-state index contributed by atoms with van der Waals surface area (Å²) in [7, 11) is 1.91. The summed E-state index contributed by atoms with van der Waals surface area (Å²) in [6.45, 7) is 2.99. The number of benzene rings is 1. The van der Waals surface area contributed by atoms with Crippen molar-refractivity contribution in [3.8, 4) is 11.5 Å². The van der Waals surface area contributed by atoms with Crippen molar-refractivity contribution < 1.29 is 13.9 Å². The summed E-state index contributed by atoms with van der Waals surface area (Å²) in [6.07, 6.45) is 2.44. The molecule has 4 rings (SSSR count). The molecule has 2 aromatic heterocycles. The average molecular weight is 341 g/mol. The molecule has 8 heteroatoms. The molecule has 0 fully saturated rings. The Hall–Kier alpha value is -3.03. The van der Waals surface area contributed by atoms with Crippen LogP contribution < -0.4 is 14.8 Å². The van der Waals surface area contributed by atoms with Gasteiger partial charge in [-0.1, -0.05) is 24.2 Å². The van der Waals surface area contributed by atoms with Crippen LogP contribution in [0, 0.1) is 0 Å². The smallest absolute Gasteiger partial charge is 0.315 e. The molecule has 3 aromatic rings. The van der Waals surface area contributed by atoms with Crippen LogP contribution in [0.25, 0.3) is 0 Å². The zero-order chi connectivity index (χ0) is 17.2. The second kappa shape index (κ2) is 6.46. The van der Waals surface area contributed by atoms with Gasteiger partial charge in [0.1, 0.15) is 6.61 Å². The molecule has 1 atom stereocenters. The van der Waals surface area contributed by atoms with E-state index >= 15 is 0 Å². The molecule has 1 N–H and O–H groups in total. The Bertz CT molecular complexity index is 873.